The minimum atomic E-state index is -1.50. The number of rotatable bonds is 1. The first-order valence-corrected chi connectivity index (χ1v) is 4.85. The van der Waals surface area contributed by atoms with E-state index in [1.807, 2.05) is 0 Å². The maximum atomic E-state index is 13.1. The molecule has 0 atom stereocenters. The Kier molecular flexibility index (Phi) is 2.57. The average molecular weight is 241 g/mol. The molecular formula is C11H10F3N3. The van der Waals surface area contributed by atoms with Crippen molar-refractivity contribution in [1.29, 1.82) is 0 Å². The van der Waals surface area contributed by atoms with Gasteiger partial charge < -0.3 is 10.3 Å². The van der Waals surface area contributed by atoms with E-state index in [0.717, 1.165) is 12.1 Å². The molecule has 2 rings (SSSR count). The summed E-state index contributed by atoms with van der Waals surface area (Å²) in [5, 5.41) is 0. The van der Waals surface area contributed by atoms with Crippen LogP contribution in [-0.4, -0.2) is 9.55 Å². The first kappa shape index (κ1) is 11.5. The molecule has 6 heteroatoms. The van der Waals surface area contributed by atoms with Gasteiger partial charge in [0.2, 0.25) is 0 Å². The van der Waals surface area contributed by atoms with E-state index in [1.54, 1.807) is 18.5 Å². The van der Waals surface area contributed by atoms with Crippen molar-refractivity contribution in [3.8, 4) is 11.3 Å². The molecule has 1 aromatic heterocycles. The number of benzene rings is 1. The van der Waals surface area contributed by atoms with Gasteiger partial charge in [0.15, 0.2) is 17.5 Å². The van der Waals surface area contributed by atoms with Gasteiger partial charge in [0, 0.05) is 12.6 Å². The largest absolute Gasteiger partial charge is 0.383 e. The third kappa shape index (κ3) is 1.75. The number of nitrogens with two attached hydrogens (primary N) is 1. The third-order valence-electron chi connectivity index (χ3n) is 2.62. The van der Waals surface area contributed by atoms with Gasteiger partial charge in [-0.1, -0.05) is 0 Å². The molecule has 0 saturated heterocycles. The Hall–Kier alpha value is -1.98. The molecule has 1 aromatic carbocycles. The fraction of sp³-hybridized carbons (Fsp3) is 0.182. The van der Waals surface area contributed by atoms with Crippen molar-refractivity contribution in [2.45, 2.75) is 6.92 Å². The lowest BCUT2D eigenvalue weighted by Crippen LogP contribution is -1.99. The number of nitrogen functional groups attached to an aromatic ring is 1. The molecule has 1 heterocycles. The van der Waals surface area contributed by atoms with Gasteiger partial charge in [-0.2, -0.15) is 0 Å². The molecule has 0 saturated carbocycles. The fourth-order valence-electron chi connectivity index (χ4n) is 1.53. The number of nitrogens with zero attached hydrogens (tertiary/aromatic N) is 2. The minimum Gasteiger partial charge on any atom is -0.383 e. The first-order chi connectivity index (χ1) is 7.91. The lowest BCUT2D eigenvalue weighted by Gasteiger charge is -2.02. The van der Waals surface area contributed by atoms with Crippen molar-refractivity contribution in [2.75, 3.05) is 5.73 Å². The molecule has 0 aliphatic carbocycles. The van der Waals surface area contributed by atoms with E-state index in [0.29, 0.717) is 5.82 Å². The lowest BCUT2D eigenvalue weighted by molar-refractivity contribution is 0.447. The summed E-state index contributed by atoms with van der Waals surface area (Å²) < 4.78 is 40.5. The Morgan fingerprint density at radius 2 is 1.71 bits per heavy atom. The van der Waals surface area contributed by atoms with Crippen LogP contribution in [0.1, 0.15) is 5.82 Å². The molecule has 0 aliphatic heterocycles. The highest BCUT2D eigenvalue weighted by molar-refractivity contribution is 5.71. The molecule has 0 radical (unpaired) electrons. The van der Waals surface area contributed by atoms with Gasteiger partial charge >= 0.3 is 0 Å². The molecule has 0 unspecified atom stereocenters. The lowest BCUT2D eigenvalue weighted by atomic mass is 10.1. The number of aromatic nitrogens is 2. The van der Waals surface area contributed by atoms with E-state index < -0.39 is 17.5 Å². The number of aryl methyl sites for hydroxylation is 1. The number of hydrogen-bond donors (Lipinski definition) is 1. The Labute approximate surface area is 95.7 Å². The van der Waals surface area contributed by atoms with Crippen LogP contribution in [0, 0.1) is 24.4 Å². The van der Waals surface area contributed by atoms with Crippen LogP contribution in [0.3, 0.4) is 0 Å². The molecular weight excluding hydrogens is 231 g/mol. The third-order valence-corrected chi connectivity index (χ3v) is 2.62. The van der Waals surface area contributed by atoms with Crippen molar-refractivity contribution in [2.24, 2.45) is 7.05 Å². The predicted molar refractivity (Wildman–Crippen MR) is 57.7 cm³/mol. The summed E-state index contributed by atoms with van der Waals surface area (Å²) in [5.41, 5.74) is 6.09. The van der Waals surface area contributed by atoms with Crippen molar-refractivity contribution in [3.63, 3.8) is 0 Å². The van der Waals surface area contributed by atoms with Crippen LogP contribution in [0.15, 0.2) is 12.1 Å². The fourth-order valence-corrected chi connectivity index (χ4v) is 1.53. The summed E-state index contributed by atoms with van der Waals surface area (Å²) in [7, 11) is 1.68. The van der Waals surface area contributed by atoms with E-state index in [9.17, 15) is 13.2 Å². The Bertz CT molecular complexity index is 567. The minimum absolute atomic E-state index is 0.114. The van der Waals surface area contributed by atoms with Crippen LogP contribution in [0.2, 0.25) is 0 Å². The monoisotopic (exact) mass is 241 g/mol. The van der Waals surface area contributed by atoms with E-state index in [4.69, 9.17) is 5.73 Å². The van der Waals surface area contributed by atoms with Crippen LogP contribution in [0.4, 0.5) is 19.0 Å². The molecule has 17 heavy (non-hydrogen) atoms. The molecule has 0 amide bonds. The summed E-state index contributed by atoms with van der Waals surface area (Å²) in [6.45, 7) is 1.70. The summed E-state index contributed by atoms with van der Waals surface area (Å²) >= 11 is 0. The van der Waals surface area contributed by atoms with E-state index >= 15 is 0 Å². The SMILES string of the molecule is Cc1nc(-c2cc(F)c(F)c(F)c2)c(N)n1C. The second-order valence-electron chi connectivity index (χ2n) is 3.71. The van der Waals surface area contributed by atoms with Crippen LogP contribution in [0.5, 0.6) is 0 Å². The highest BCUT2D eigenvalue weighted by atomic mass is 19.2. The van der Waals surface area contributed by atoms with Gasteiger partial charge in [-0.3, -0.25) is 0 Å². The second kappa shape index (κ2) is 3.80. The zero-order chi connectivity index (χ0) is 12.7. The maximum Gasteiger partial charge on any atom is 0.194 e. The number of anilines is 1. The Morgan fingerprint density at radius 1 is 1.18 bits per heavy atom. The molecule has 0 fully saturated rings. The van der Waals surface area contributed by atoms with Gasteiger partial charge in [-0.15, -0.1) is 0 Å². The Morgan fingerprint density at radius 3 is 2.12 bits per heavy atom. The normalized spacial score (nSPS) is 10.9. The summed E-state index contributed by atoms with van der Waals surface area (Å²) in [6, 6.07) is 1.74. The molecule has 0 spiro atoms. The summed E-state index contributed by atoms with van der Waals surface area (Å²) in [5.74, 6) is -3.15. The van der Waals surface area contributed by atoms with E-state index in [-0.39, 0.29) is 17.1 Å². The second-order valence-corrected chi connectivity index (χ2v) is 3.71. The van der Waals surface area contributed by atoms with Crippen LogP contribution >= 0.6 is 0 Å². The van der Waals surface area contributed by atoms with Gasteiger partial charge in [-0.25, -0.2) is 18.2 Å². The zero-order valence-electron chi connectivity index (χ0n) is 9.26. The van der Waals surface area contributed by atoms with Crippen molar-refractivity contribution < 1.29 is 13.2 Å². The zero-order valence-corrected chi connectivity index (χ0v) is 9.26. The van der Waals surface area contributed by atoms with Crippen LogP contribution in [0.25, 0.3) is 11.3 Å². The summed E-state index contributed by atoms with van der Waals surface area (Å²) in [6.07, 6.45) is 0. The molecule has 0 bridgehead atoms. The predicted octanol–water partition coefficient (Wildman–Crippen LogP) is 2.40. The van der Waals surface area contributed by atoms with Gasteiger partial charge in [0.05, 0.1) is 0 Å². The average Bonchev–Trinajstić information content (AvgIpc) is 2.53. The topological polar surface area (TPSA) is 43.8 Å². The number of halogens is 3. The van der Waals surface area contributed by atoms with E-state index in [1.165, 1.54) is 0 Å². The smallest absolute Gasteiger partial charge is 0.194 e. The highest BCUT2D eigenvalue weighted by Gasteiger charge is 2.16. The highest BCUT2D eigenvalue weighted by Crippen LogP contribution is 2.27. The molecule has 2 N–H and O–H groups in total. The molecule has 3 nitrogen and oxygen atoms in total. The molecule has 90 valence electrons. The van der Waals surface area contributed by atoms with Crippen molar-refractivity contribution in [3.05, 3.63) is 35.4 Å². The first-order valence-electron chi connectivity index (χ1n) is 4.85. The number of imidazole rings is 1. The maximum absolute atomic E-state index is 13.1. The Balaban J connectivity index is 2.65. The van der Waals surface area contributed by atoms with Gasteiger partial charge in [-0.05, 0) is 19.1 Å². The van der Waals surface area contributed by atoms with Gasteiger partial charge in [0.25, 0.3) is 0 Å². The summed E-state index contributed by atoms with van der Waals surface area (Å²) in [4.78, 5) is 4.07. The van der Waals surface area contributed by atoms with Crippen LogP contribution in [-0.2, 0) is 7.05 Å². The standard InChI is InChI=1S/C11H10F3N3/c1-5-16-10(11(15)17(5)2)6-3-7(12)9(14)8(13)4-6/h3-4H,15H2,1-2H3. The van der Waals surface area contributed by atoms with Crippen molar-refractivity contribution in [1.82, 2.24) is 9.55 Å². The molecule has 2 aromatic rings. The van der Waals surface area contributed by atoms with Crippen LogP contribution < -0.4 is 5.73 Å². The van der Waals surface area contributed by atoms with Crippen molar-refractivity contribution >= 4 is 5.82 Å². The van der Waals surface area contributed by atoms with Gasteiger partial charge in [0.1, 0.15) is 17.3 Å². The van der Waals surface area contributed by atoms with E-state index in [2.05, 4.69) is 4.98 Å². The quantitative estimate of drug-likeness (QED) is 0.779. The number of hydrogen-bond acceptors (Lipinski definition) is 2. The molecule has 0 aliphatic rings.